The molecule has 7 nitrogen and oxygen atoms in total. The summed E-state index contributed by atoms with van der Waals surface area (Å²) in [7, 11) is 0. The second-order valence-corrected chi connectivity index (χ2v) is 7.96. The zero-order valence-corrected chi connectivity index (χ0v) is 16.3. The van der Waals surface area contributed by atoms with Gasteiger partial charge < -0.3 is 10.2 Å². The summed E-state index contributed by atoms with van der Waals surface area (Å²) < 4.78 is 5.91. The van der Waals surface area contributed by atoms with Crippen LogP contribution in [0.2, 0.25) is 0 Å². The van der Waals surface area contributed by atoms with Crippen LogP contribution in [0.5, 0.6) is 0 Å². The molecule has 1 amide bonds. The molecule has 0 aliphatic carbocycles. The van der Waals surface area contributed by atoms with Gasteiger partial charge in [-0.05, 0) is 54.7 Å². The molecule has 1 aliphatic heterocycles. The number of aromatic nitrogens is 4. The second-order valence-electron chi connectivity index (χ2n) is 7.16. The Morgan fingerprint density at radius 2 is 2.14 bits per heavy atom. The van der Waals surface area contributed by atoms with Crippen molar-refractivity contribution in [3.05, 3.63) is 42.2 Å². The highest BCUT2D eigenvalue weighted by molar-refractivity contribution is 7.13. The van der Waals surface area contributed by atoms with Gasteiger partial charge in [0.05, 0.1) is 15.9 Å². The Bertz CT molecular complexity index is 1160. The Morgan fingerprint density at radius 1 is 1.29 bits per heavy atom. The molecule has 0 bridgehead atoms. The molecule has 0 atom stereocenters. The number of hydrogen-bond donors (Lipinski definition) is 2. The topological polar surface area (TPSA) is 86.8 Å². The lowest BCUT2D eigenvalue weighted by Gasteiger charge is -2.30. The Hall–Kier alpha value is -3.00. The first kappa shape index (κ1) is 17.1. The maximum atomic E-state index is 11.5. The van der Waals surface area contributed by atoms with Crippen LogP contribution in [0.1, 0.15) is 31.4 Å². The molecule has 5 rings (SSSR count). The molecule has 8 heteroatoms. The summed E-state index contributed by atoms with van der Waals surface area (Å²) in [5.41, 5.74) is 3.86. The van der Waals surface area contributed by atoms with E-state index >= 15 is 0 Å². The maximum absolute atomic E-state index is 11.5. The van der Waals surface area contributed by atoms with Gasteiger partial charge in [0.1, 0.15) is 5.52 Å². The van der Waals surface area contributed by atoms with Gasteiger partial charge in [0.2, 0.25) is 5.91 Å². The highest BCUT2D eigenvalue weighted by atomic mass is 32.1. The number of nitrogens with one attached hydrogen (secondary N) is 2. The first-order chi connectivity index (χ1) is 13.7. The molecular formula is C20H20N6OS. The Morgan fingerprint density at radius 3 is 2.96 bits per heavy atom. The summed E-state index contributed by atoms with van der Waals surface area (Å²) in [4.78, 5) is 17.9. The molecule has 0 unspecified atom stereocenters. The number of pyridine rings is 1. The van der Waals surface area contributed by atoms with Gasteiger partial charge in [-0.25, -0.2) is 0 Å². The minimum atomic E-state index is 0.165. The van der Waals surface area contributed by atoms with Gasteiger partial charge in [-0.3, -0.25) is 14.9 Å². The van der Waals surface area contributed by atoms with E-state index in [0.717, 1.165) is 53.2 Å². The molecule has 1 saturated heterocycles. The third kappa shape index (κ3) is 2.99. The minimum Gasteiger partial charge on any atom is -0.343 e. The number of aromatic amines is 1. The van der Waals surface area contributed by atoms with Crippen molar-refractivity contribution in [3.8, 4) is 0 Å². The van der Waals surface area contributed by atoms with E-state index in [0.29, 0.717) is 5.92 Å². The molecule has 142 valence electrons. The van der Waals surface area contributed by atoms with Gasteiger partial charge in [-0.15, -0.1) is 0 Å². The van der Waals surface area contributed by atoms with Crippen molar-refractivity contribution in [2.75, 3.05) is 18.4 Å². The number of amides is 1. The summed E-state index contributed by atoms with van der Waals surface area (Å²) >= 11 is 1.53. The predicted molar refractivity (Wildman–Crippen MR) is 111 cm³/mol. The number of carbonyl (C=O) groups excluding carboxylic acids is 1. The van der Waals surface area contributed by atoms with Gasteiger partial charge in [-0.2, -0.15) is 9.47 Å². The quantitative estimate of drug-likeness (QED) is 0.549. The first-order valence-corrected chi connectivity index (χ1v) is 10.2. The average Bonchev–Trinajstić information content (AvgIpc) is 3.32. The molecule has 4 heterocycles. The molecule has 1 aromatic carbocycles. The number of benzene rings is 1. The molecule has 0 saturated carbocycles. The van der Waals surface area contributed by atoms with E-state index in [1.54, 1.807) is 13.1 Å². The van der Waals surface area contributed by atoms with Crippen molar-refractivity contribution in [1.82, 2.24) is 24.5 Å². The van der Waals surface area contributed by atoms with E-state index in [9.17, 15) is 4.79 Å². The fraction of sp³-hybridized carbons (Fsp3) is 0.300. The van der Waals surface area contributed by atoms with Crippen LogP contribution in [0, 0.1) is 0 Å². The van der Waals surface area contributed by atoms with Crippen LogP contribution in [0.3, 0.4) is 0 Å². The number of nitrogens with zero attached hydrogens (tertiary/aromatic N) is 4. The lowest BCUT2D eigenvalue weighted by molar-refractivity contribution is -0.129. The summed E-state index contributed by atoms with van der Waals surface area (Å²) in [6.07, 6.45) is 3.71. The van der Waals surface area contributed by atoms with Crippen LogP contribution in [0.4, 0.5) is 11.5 Å². The normalized spacial score (nSPS) is 15.4. The molecular weight excluding hydrogens is 372 g/mol. The number of likely N-dealkylation sites (tertiary alicyclic amines) is 1. The Kier molecular flexibility index (Phi) is 4.20. The van der Waals surface area contributed by atoms with Gasteiger partial charge in [-0.1, -0.05) is 0 Å². The number of hydrogen-bond acceptors (Lipinski definition) is 6. The van der Waals surface area contributed by atoms with E-state index in [1.807, 2.05) is 17.0 Å². The minimum absolute atomic E-state index is 0.165. The number of fused-ring (bicyclic) bond motifs is 2. The van der Waals surface area contributed by atoms with E-state index in [2.05, 4.69) is 38.7 Å². The molecule has 3 aromatic heterocycles. The lowest BCUT2D eigenvalue weighted by Crippen LogP contribution is -2.36. The zero-order valence-electron chi connectivity index (χ0n) is 15.5. The standard InChI is InChI=1S/C20H20N6OS/c1-12(27)26-9-6-13(7-10-26)18-15-5-4-14(11-17(15)28-25-18)22-20-19-16(23-24-20)3-2-8-21-19/h2-5,8,11,13H,6-7,9-10H2,1H3,(H2,22,23,24). The van der Waals surface area contributed by atoms with Gasteiger partial charge in [0, 0.05) is 43.2 Å². The molecule has 28 heavy (non-hydrogen) atoms. The highest BCUT2D eigenvalue weighted by Crippen LogP contribution is 2.36. The van der Waals surface area contributed by atoms with Crippen molar-refractivity contribution >= 4 is 50.1 Å². The third-order valence-electron chi connectivity index (χ3n) is 5.41. The summed E-state index contributed by atoms with van der Waals surface area (Å²) in [5.74, 6) is 1.30. The summed E-state index contributed by atoms with van der Waals surface area (Å²) in [6, 6.07) is 10.2. The number of piperidine rings is 1. The van der Waals surface area contributed by atoms with Gasteiger partial charge >= 0.3 is 0 Å². The van der Waals surface area contributed by atoms with Gasteiger partial charge in [0.25, 0.3) is 0 Å². The van der Waals surface area contributed by atoms with E-state index in [1.165, 1.54) is 22.6 Å². The largest absolute Gasteiger partial charge is 0.343 e. The smallest absolute Gasteiger partial charge is 0.219 e. The van der Waals surface area contributed by atoms with Crippen LogP contribution in [0.25, 0.3) is 21.1 Å². The van der Waals surface area contributed by atoms with Crippen LogP contribution < -0.4 is 5.32 Å². The van der Waals surface area contributed by atoms with Crippen molar-refractivity contribution < 1.29 is 4.79 Å². The van der Waals surface area contributed by atoms with Crippen LogP contribution >= 0.6 is 11.5 Å². The summed E-state index contributed by atoms with van der Waals surface area (Å²) in [5, 5.41) is 11.9. The Labute approximate surface area is 165 Å². The van der Waals surface area contributed by atoms with E-state index in [4.69, 9.17) is 4.37 Å². The van der Waals surface area contributed by atoms with E-state index in [-0.39, 0.29) is 5.91 Å². The van der Waals surface area contributed by atoms with Crippen molar-refractivity contribution in [2.24, 2.45) is 0 Å². The molecule has 0 spiro atoms. The number of carbonyl (C=O) groups is 1. The van der Waals surface area contributed by atoms with Crippen LogP contribution in [-0.4, -0.2) is 43.5 Å². The fourth-order valence-electron chi connectivity index (χ4n) is 3.87. The van der Waals surface area contributed by atoms with Crippen molar-refractivity contribution in [2.45, 2.75) is 25.7 Å². The molecule has 4 aromatic rings. The lowest BCUT2D eigenvalue weighted by atomic mass is 9.91. The predicted octanol–water partition coefficient (Wildman–Crippen LogP) is 4.04. The molecule has 1 fully saturated rings. The maximum Gasteiger partial charge on any atom is 0.219 e. The second kappa shape index (κ2) is 6.87. The van der Waals surface area contributed by atoms with Crippen LogP contribution in [-0.2, 0) is 4.79 Å². The summed E-state index contributed by atoms with van der Waals surface area (Å²) in [6.45, 7) is 3.28. The van der Waals surface area contributed by atoms with Crippen molar-refractivity contribution in [1.29, 1.82) is 0 Å². The van der Waals surface area contributed by atoms with Crippen molar-refractivity contribution in [3.63, 3.8) is 0 Å². The number of H-pyrrole nitrogens is 1. The number of rotatable bonds is 3. The molecule has 0 radical (unpaired) electrons. The van der Waals surface area contributed by atoms with Crippen LogP contribution in [0.15, 0.2) is 36.5 Å². The van der Waals surface area contributed by atoms with Gasteiger partial charge in [0.15, 0.2) is 5.82 Å². The number of anilines is 2. The average molecular weight is 392 g/mol. The zero-order chi connectivity index (χ0) is 19.1. The SMILES string of the molecule is CC(=O)N1CCC(c2nsc3cc(Nc4n[nH]c5cccnc45)ccc23)CC1. The third-order valence-corrected chi connectivity index (χ3v) is 6.23. The Balaban J connectivity index is 1.39. The molecule has 1 aliphatic rings. The molecule has 2 N–H and O–H groups in total. The van der Waals surface area contributed by atoms with E-state index < -0.39 is 0 Å². The fourth-order valence-corrected chi connectivity index (χ4v) is 4.77. The highest BCUT2D eigenvalue weighted by Gasteiger charge is 2.25. The first-order valence-electron chi connectivity index (χ1n) is 9.40. The monoisotopic (exact) mass is 392 g/mol.